The van der Waals surface area contributed by atoms with Gasteiger partial charge in [-0.2, -0.15) is 0 Å². The molecule has 0 aromatic heterocycles. The van der Waals surface area contributed by atoms with E-state index >= 15 is 0 Å². The third kappa shape index (κ3) is 5.99. The summed E-state index contributed by atoms with van der Waals surface area (Å²) in [5.74, 6) is 0.422. The highest BCUT2D eigenvalue weighted by atomic mass is 32.2. The highest BCUT2D eigenvalue weighted by molar-refractivity contribution is 7.98. The maximum atomic E-state index is 11.8. The van der Waals surface area contributed by atoms with Crippen LogP contribution in [0.15, 0.2) is 53.4 Å². The highest BCUT2D eigenvalue weighted by Crippen LogP contribution is 2.18. The van der Waals surface area contributed by atoms with Crippen LogP contribution in [0.25, 0.3) is 0 Å². The molecule has 0 spiro atoms. The van der Waals surface area contributed by atoms with E-state index in [1.54, 1.807) is 11.8 Å². The third-order valence-electron chi connectivity index (χ3n) is 3.40. The Morgan fingerprint density at radius 3 is 2.43 bits per heavy atom. The van der Waals surface area contributed by atoms with E-state index in [1.807, 2.05) is 38.1 Å². The van der Waals surface area contributed by atoms with Crippen molar-refractivity contribution in [2.75, 3.05) is 16.9 Å². The smallest absolute Gasteiger partial charge is 0.224 e. The summed E-state index contributed by atoms with van der Waals surface area (Å²) < 4.78 is 0. The van der Waals surface area contributed by atoms with Gasteiger partial charge < -0.3 is 10.6 Å². The number of rotatable bonds is 7. The summed E-state index contributed by atoms with van der Waals surface area (Å²) >= 11 is 1.74. The van der Waals surface area contributed by atoms with Gasteiger partial charge in [0.2, 0.25) is 5.91 Å². The quantitative estimate of drug-likeness (QED) is 0.702. The van der Waals surface area contributed by atoms with Gasteiger partial charge in [0.15, 0.2) is 0 Å². The molecule has 2 aromatic rings. The standard InChI is InChI=1S/C19H24N2OS/c1-14(2)11-19(22)21-17-6-4-5-16(12-17)20-13-15-7-9-18(23-3)10-8-15/h4-10,12,14,20H,11,13H2,1-3H3,(H,21,22). The summed E-state index contributed by atoms with van der Waals surface area (Å²) in [6.45, 7) is 4.85. The van der Waals surface area contributed by atoms with Gasteiger partial charge >= 0.3 is 0 Å². The van der Waals surface area contributed by atoms with Crippen molar-refractivity contribution in [2.45, 2.75) is 31.7 Å². The van der Waals surface area contributed by atoms with Crippen molar-refractivity contribution in [2.24, 2.45) is 5.92 Å². The van der Waals surface area contributed by atoms with Crippen LogP contribution in [0, 0.1) is 5.92 Å². The van der Waals surface area contributed by atoms with Crippen molar-refractivity contribution in [3.8, 4) is 0 Å². The van der Waals surface area contributed by atoms with Crippen LogP contribution in [-0.2, 0) is 11.3 Å². The molecular weight excluding hydrogens is 304 g/mol. The molecule has 2 N–H and O–H groups in total. The largest absolute Gasteiger partial charge is 0.381 e. The van der Waals surface area contributed by atoms with Crippen LogP contribution >= 0.6 is 11.8 Å². The summed E-state index contributed by atoms with van der Waals surface area (Å²) in [5.41, 5.74) is 3.07. The number of hydrogen-bond donors (Lipinski definition) is 2. The average molecular weight is 328 g/mol. The fourth-order valence-electron chi connectivity index (χ4n) is 2.24. The van der Waals surface area contributed by atoms with Gasteiger partial charge in [0.05, 0.1) is 0 Å². The van der Waals surface area contributed by atoms with Crippen LogP contribution in [0.2, 0.25) is 0 Å². The molecule has 0 aliphatic rings. The number of benzene rings is 2. The lowest BCUT2D eigenvalue weighted by molar-refractivity contribution is -0.116. The molecule has 0 aliphatic heterocycles. The zero-order valence-corrected chi connectivity index (χ0v) is 14.7. The number of thioether (sulfide) groups is 1. The minimum Gasteiger partial charge on any atom is -0.381 e. The van der Waals surface area contributed by atoms with Crippen molar-refractivity contribution in [3.05, 3.63) is 54.1 Å². The van der Waals surface area contributed by atoms with E-state index in [-0.39, 0.29) is 5.91 Å². The van der Waals surface area contributed by atoms with Gasteiger partial charge in [0.25, 0.3) is 0 Å². The Bertz CT molecular complexity index is 638. The zero-order chi connectivity index (χ0) is 16.7. The molecular formula is C19H24N2OS. The number of hydrogen-bond acceptors (Lipinski definition) is 3. The van der Waals surface area contributed by atoms with E-state index in [4.69, 9.17) is 0 Å². The Morgan fingerprint density at radius 1 is 1.09 bits per heavy atom. The molecule has 1 amide bonds. The lowest BCUT2D eigenvalue weighted by Gasteiger charge is -2.11. The monoisotopic (exact) mass is 328 g/mol. The van der Waals surface area contributed by atoms with Crippen LogP contribution in [0.5, 0.6) is 0 Å². The van der Waals surface area contributed by atoms with Crippen LogP contribution in [0.3, 0.4) is 0 Å². The summed E-state index contributed by atoms with van der Waals surface area (Å²) in [4.78, 5) is 13.1. The number of anilines is 2. The summed E-state index contributed by atoms with van der Waals surface area (Å²) in [7, 11) is 0. The number of amides is 1. The molecule has 0 heterocycles. The number of nitrogens with one attached hydrogen (secondary N) is 2. The summed E-state index contributed by atoms with van der Waals surface area (Å²) in [5, 5.41) is 6.34. The van der Waals surface area contributed by atoms with Crippen molar-refractivity contribution in [1.29, 1.82) is 0 Å². The Labute approximate surface area is 142 Å². The first-order valence-electron chi connectivity index (χ1n) is 7.83. The minimum absolute atomic E-state index is 0.0600. The van der Waals surface area contributed by atoms with Crippen molar-refractivity contribution in [3.63, 3.8) is 0 Å². The maximum Gasteiger partial charge on any atom is 0.224 e. The fourth-order valence-corrected chi connectivity index (χ4v) is 2.65. The third-order valence-corrected chi connectivity index (χ3v) is 4.14. The van der Waals surface area contributed by atoms with Crippen molar-refractivity contribution in [1.82, 2.24) is 0 Å². The number of carbonyl (C=O) groups excluding carboxylic acids is 1. The second-order valence-corrected chi connectivity index (χ2v) is 6.81. The summed E-state index contributed by atoms with van der Waals surface area (Å²) in [6.07, 6.45) is 2.62. The van der Waals surface area contributed by atoms with Crippen LogP contribution in [0.1, 0.15) is 25.8 Å². The predicted octanol–water partition coefficient (Wildman–Crippen LogP) is 5.01. The molecule has 0 saturated carbocycles. The molecule has 2 aromatic carbocycles. The minimum atomic E-state index is 0.0600. The molecule has 0 bridgehead atoms. The molecule has 0 unspecified atom stereocenters. The highest BCUT2D eigenvalue weighted by Gasteiger charge is 2.05. The van der Waals surface area contributed by atoms with Gasteiger partial charge in [0.1, 0.15) is 0 Å². The van der Waals surface area contributed by atoms with E-state index in [0.29, 0.717) is 12.3 Å². The second-order valence-electron chi connectivity index (χ2n) is 5.93. The Balaban J connectivity index is 1.92. The zero-order valence-electron chi connectivity index (χ0n) is 13.9. The molecule has 23 heavy (non-hydrogen) atoms. The first-order chi connectivity index (χ1) is 11.1. The summed E-state index contributed by atoms with van der Waals surface area (Å²) in [6, 6.07) is 16.4. The van der Waals surface area contributed by atoms with Crippen LogP contribution in [-0.4, -0.2) is 12.2 Å². The number of carbonyl (C=O) groups is 1. The van der Waals surface area contributed by atoms with E-state index in [0.717, 1.165) is 17.9 Å². The van der Waals surface area contributed by atoms with Gasteiger partial charge in [-0.25, -0.2) is 0 Å². The molecule has 122 valence electrons. The first kappa shape index (κ1) is 17.4. The molecule has 3 nitrogen and oxygen atoms in total. The average Bonchev–Trinajstić information content (AvgIpc) is 2.53. The lowest BCUT2D eigenvalue weighted by Crippen LogP contribution is -2.13. The molecule has 0 fully saturated rings. The topological polar surface area (TPSA) is 41.1 Å². The van der Waals surface area contributed by atoms with E-state index < -0.39 is 0 Å². The second kappa shape index (κ2) is 8.63. The van der Waals surface area contributed by atoms with Gasteiger partial charge in [-0.3, -0.25) is 4.79 Å². The molecule has 0 radical (unpaired) electrons. The normalized spacial score (nSPS) is 10.6. The van der Waals surface area contributed by atoms with Crippen LogP contribution in [0.4, 0.5) is 11.4 Å². The predicted molar refractivity (Wildman–Crippen MR) is 100 cm³/mol. The maximum absolute atomic E-state index is 11.8. The van der Waals surface area contributed by atoms with E-state index in [2.05, 4.69) is 41.2 Å². The lowest BCUT2D eigenvalue weighted by atomic mass is 10.1. The molecule has 4 heteroatoms. The van der Waals surface area contributed by atoms with Gasteiger partial charge in [-0.05, 0) is 48.1 Å². The Hall–Kier alpha value is -1.94. The SMILES string of the molecule is CSc1ccc(CNc2cccc(NC(=O)CC(C)C)c2)cc1. The van der Waals surface area contributed by atoms with Gasteiger partial charge in [0, 0.05) is 29.2 Å². The molecule has 0 atom stereocenters. The van der Waals surface area contributed by atoms with E-state index in [1.165, 1.54) is 10.5 Å². The fraction of sp³-hybridized carbons (Fsp3) is 0.316. The molecule has 0 aliphatic carbocycles. The molecule has 2 rings (SSSR count). The van der Waals surface area contributed by atoms with E-state index in [9.17, 15) is 4.79 Å². The van der Waals surface area contributed by atoms with Crippen molar-refractivity contribution < 1.29 is 4.79 Å². The van der Waals surface area contributed by atoms with Gasteiger partial charge in [-0.15, -0.1) is 11.8 Å². The first-order valence-corrected chi connectivity index (χ1v) is 9.06. The molecule has 0 saturated heterocycles. The van der Waals surface area contributed by atoms with Gasteiger partial charge in [-0.1, -0.05) is 32.0 Å². The van der Waals surface area contributed by atoms with Crippen molar-refractivity contribution >= 4 is 29.0 Å². The Morgan fingerprint density at radius 2 is 1.78 bits per heavy atom. The Kier molecular flexibility index (Phi) is 6.53. The van der Waals surface area contributed by atoms with Crippen LogP contribution < -0.4 is 10.6 Å².